The lowest BCUT2D eigenvalue weighted by molar-refractivity contribution is 0.0937. The highest BCUT2D eigenvalue weighted by Gasteiger charge is 2.25. The maximum absolute atomic E-state index is 12.1. The van der Waals surface area contributed by atoms with Gasteiger partial charge < -0.3 is 19.0 Å². The van der Waals surface area contributed by atoms with E-state index in [1.807, 2.05) is 49.1 Å². The van der Waals surface area contributed by atoms with Crippen molar-refractivity contribution >= 4 is 12.1 Å². The second-order valence-corrected chi connectivity index (χ2v) is 6.09. The molecule has 0 radical (unpaired) electrons. The van der Waals surface area contributed by atoms with Gasteiger partial charge in [0.2, 0.25) is 5.89 Å². The van der Waals surface area contributed by atoms with Gasteiger partial charge in [-0.05, 0) is 5.56 Å². The third kappa shape index (κ3) is 3.84. The summed E-state index contributed by atoms with van der Waals surface area (Å²) in [5, 5.41) is 8.13. The quantitative estimate of drug-likeness (QED) is 0.858. The van der Waals surface area contributed by atoms with Crippen molar-refractivity contribution in [3.05, 3.63) is 41.8 Å². The van der Waals surface area contributed by atoms with Gasteiger partial charge in [-0.3, -0.25) is 0 Å². The summed E-state index contributed by atoms with van der Waals surface area (Å²) in [4.78, 5) is 15.8. The van der Waals surface area contributed by atoms with E-state index in [4.69, 9.17) is 9.15 Å². The van der Waals surface area contributed by atoms with Crippen LogP contribution in [0.2, 0.25) is 0 Å². The third-order valence-electron chi connectivity index (χ3n) is 3.94. The zero-order chi connectivity index (χ0) is 16.9. The standard InChI is InChI=1S/C17H22N4O3/c1-13(2)15-18-19-16(24-15)20-8-10-21(11-9-20)17(22)23-12-14-6-4-3-5-7-14/h3-7,13H,8-12H2,1-2H3. The Bertz CT molecular complexity index is 663. The molecule has 24 heavy (non-hydrogen) atoms. The fourth-order valence-corrected chi connectivity index (χ4v) is 2.48. The number of benzene rings is 1. The van der Waals surface area contributed by atoms with Crippen LogP contribution in [0, 0.1) is 0 Å². The molecule has 0 N–H and O–H groups in total. The van der Waals surface area contributed by atoms with Gasteiger partial charge in [-0.25, -0.2) is 4.79 Å². The van der Waals surface area contributed by atoms with Gasteiger partial charge >= 0.3 is 12.1 Å². The van der Waals surface area contributed by atoms with Gasteiger partial charge in [0.15, 0.2) is 0 Å². The Morgan fingerprint density at radius 2 is 1.88 bits per heavy atom. The van der Waals surface area contributed by atoms with Crippen molar-refractivity contribution in [2.45, 2.75) is 26.4 Å². The lowest BCUT2D eigenvalue weighted by Gasteiger charge is -2.32. The minimum Gasteiger partial charge on any atom is -0.445 e. The van der Waals surface area contributed by atoms with Crippen molar-refractivity contribution in [2.75, 3.05) is 31.1 Å². The van der Waals surface area contributed by atoms with Crippen LogP contribution >= 0.6 is 0 Å². The molecule has 1 aromatic heterocycles. The Balaban J connectivity index is 1.48. The zero-order valence-electron chi connectivity index (χ0n) is 14.0. The molecule has 2 aromatic rings. The Morgan fingerprint density at radius 1 is 1.17 bits per heavy atom. The van der Waals surface area contributed by atoms with Crippen molar-refractivity contribution in [1.29, 1.82) is 0 Å². The number of piperazine rings is 1. The predicted molar refractivity (Wildman–Crippen MR) is 88.8 cm³/mol. The molecular weight excluding hydrogens is 308 g/mol. The Labute approximate surface area is 141 Å². The Kier molecular flexibility index (Phi) is 4.98. The molecule has 1 saturated heterocycles. The molecule has 1 amide bonds. The van der Waals surface area contributed by atoms with Crippen LogP contribution in [-0.2, 0) is 11.3 Å². The molecule has 0 atom stereocenters. The molecule has 0 aliphatic carbocycles. The summed E-state index contributed by atoms with van der Waals surface area (Å²) in [7, 11) is 0. The molecule has 3 rings (SSSR count). The van der Waals surface area contributed by atoms with E-state index in [-0.39, 0.29) is 12.0 Å². The minimum absolute atomic E-state index is 0.209. The summed E-state index contributed by atoms with van der Waals surface area (Å²) in [6.07, 6.45) is -0.285. The van der Waals surface area contributed by atoms with Crippen LogP contribution in [0.15, 0.2) is 34.7 Å². The molecule has 1 aliphatic heterocycles. The fourth-order valence-electron chi connectivity index (χ4n) is 2.48. The predicted octanol–water partition coefficient (Wildman–Crippen LogP) is 2.65. The number of carbonyl (C=O) groups is 1. The van der Waals surface area contributed by atoms with Crippen LogP contribution < -0.4 is 4.90 Å². The van der Waals surface area contributed by atoms with Crippen molar-refractivity contribution in [2.24, 2.45) is 0 Å². The highest BCUT2D eigenvalue weighted by Crippen LogP contribution is 2.19. The van der Waals surface area contributed by atoms with E-state index in [0.717, 1.165) is 5.56 Å². The number of anilines is 1. The number of hydrogen-bond donors (Lipinski definition) is 0. The molecule has 7 heteroatoms. The first-order chi connectivity index (χ1) is 11.6. The van der Waals surface area contributed by atoms with Gasteiger partial charge in [0.1, 0.15) is 6.61 Å². The molecular formula is C17H22N4O3. The van der Waals surface area contributed by atoms with Gasteiger partial charge in [-0.1, -0.05) is 49.3 Å². The molecule has 0 saturated carbocycles. The highest BCUT2D eigenvalue weighted by atomic mass is 16.6. The summed E-state index contributed by atoms with van der Waals surface area (Å²) in [6.45, 7) is 6.78. The van der Waals surface area contributed by atoms with Gasteiger partial charge in [0.25, 0.3) is 0 Å². The first-order valence-corrected chi connectivity index (χ1v) is 8.17. The Morgan fingerprint density at radius 3 is 2.50 bits per heavy atom. The smallest absolute Gasteiger partial charge is 0.410 e. The molecule has 1 fully saturated rings. The molecule has 0 unspecified atom stereocenters. The SMILES string of the molecule is CC(C)c1nnc(N2CCN(C(=O)OCc3ccccc3)CC2)o1. The molecule has 1 aromatic carbocycles. The minimum atomic E-state index is -0.285. The van der Waals surface area contributed by atoms with Crippen LogP contribution in [0.25, 0.3) is 0 Å². The summed E-state index contributed by atoms with van der Waals surface area (Å²) in [6, 6.07) is 10.2. The molecule has 2 heterocycles. The summed E-state index contributed by atoms with van der Waals surface area (Å²) >= 11 is 0. The van der Waals surface area contributed by atoms with Crippen LogP contribution in [0.3, 0.4) is 0 Å². The van der Waals surface area contributed by atoms with E-state index in [1.54, 1.807) is 4.90 Å². The van der Waals surface area contributed by atoms with Gasteiger partial charge in [0.05, 0.1) is 0 Å². The van der Waals surface area contributed by atoms with Crippen molar-refractivity contribution in [3.8, 4) is 0 Å². The van der Waals surface area contributed by atoms with E-state index < -0.39 is 0 Å². The first-order valence-electron chi connectivity index (χ1n) is 8.17. The number of aromatic nitrogens is 2. The second kappa shape index (κ2) is 7.33. The van der Waals surface area contributed by atoms with Crippen molar-refractivity contribution in [1.82, 2.24) is 15.1 Å². The maximum atomic E-state index is 12.1. The number of rotatable bonds is 4. The van der Waals surface area contributed by atoms with E-state index in [9.17, 15) is 4.79 Å². The number of hydrogen-bond acceptors (Lipinski definition) is 6. The number of amides is 1. The Hall–Kier alpha value is -2.57. The average molecular weight is 330 g/mol. The largest absolute Gasteiger partial charge is 0.445 e. The molecule has 128 valence electrons. The second-order valence-electron chi connectivity index (χ2n) is 6.09. The molecule has 1 aliphatic rings. The van der Waals surface area contributed by atoms with Gasteiger partial charge in [-0.2, -0.15) is 0 Å². The van der Waals surface area contributed by atoms with Crippen LogP contribution in [-0.4, -0.2) is 47.4 Å². The topological polar surface area (TPSA) is 71.7 Å². The molecule has 0 bridgehead atoms. The average Bonchev–Trinajstić information content (AvgIpc) is 3.11. The van der Waals surface area contributed by atoms with Crippen LogP contribution in [0.5, 0.6) is 0 Å². The van der Waals surface area contributed by atoms with Gasteiger partial charge in [0, 0.05) is 32.1 Å². The van der Waals surface area contributed by atoms with E-state index in [2.05, 4.69) is 10.2 Å². The first kappa shape index (κ1) is 16.3. The van der Waals surface area contributed by atoms with E-state index in [0.29, 0.717) is 44.7 Å². The number of carbonyl (C=O) groups excluding carboxylic acids is 1. The van der Waals surface area contributed by atoms with Crippen molar-refractivity contribution in [3.63, 3.8) is 0 Å². The molecule has 0 spiro atoms. The van der Waals surface area contributed by atoms with E-state index >= 15 is 0 Å². The maximum Gasteiger partial charge on any atom is 0.410 e. The normalized spacial score (nSPS) is 15.0. The fraction of sp³-hybridized carbons (Fsp3) is 0.471. The summed E-state index contributed by atoms with van der Waals surface area (Å²) in [5.41, 5.74) is 0.983. The van der Waals surface area contributed by atoms with Gasteiger partial charge in [-0.15, -0.1) is 5.10 Å². The highest BCUT2D eigenvalue weighted by molar-refractivity contribution is 5.68. The zero-order valence-corrected chi connectivity index (χ0v) is 14.0. The number of ether oxygens (including phenoxy) is 1. The number of nitrogens with zero attached hydrogens (tertiary/aromatic N) is 4. The summed E-state index contributed by atoms with van der Waals surface area (Å²) < 4.78 is 11.0. The molecule has 7 nitrogen and oxygen atoms in total. The third-order valence-corrected chi connectivity index (χ3v) is 3.94. The van der Waals surface area contributed by atoms with Crippen LogP contribution in [0.4, 0.5) is 10.8 Å². The summed E-state index contributed by atoms with van der Waals surface area (Å²) in [5.74, 6) is 0.843. The van der Waals surface area contributed by atoms with Crippen LogP contribution in [0.1, 0.15) is 31.2 Å². The van der Waals surface area contributed by atoms with Crippen molar-refractivity contribution < 1.29 is 13.9 Å². The lowest BCUT2D eigenvalue weighted by atomic mass is 10.2. The lowest BCUT2D eigenvalue weighted by Crippen LogP contribution is -2.49. The van der Waals surface area contributed by atoms with E-state index in [1.165, 1.54) is 0 Å². The monoisotopic (exact) mass is 330 g/mol.